The van der Waals surface area contributed by atoms with Crippen molar-refractivity contribution in [2.45, 2.75) is 38.4 Å². The fourth-order valence-corrected chi connectivity index (χ4v) is 4.99. The molecule has 0 saturated carbocycles. The zero-order valence-electron chi connectivity index (χ0n) is 21.0. The number of hydrogen-bond donors (Lipinski definition) is 1. The van der Waals surface area contributed by atoms with Gasteiger partial charge in [0, 0.05) is 47.2 Å². The fraction of sp³-hybridized carbons (Fsp3) is 0.241. The molecule has 0 spiro atoms. The van der Waals surface area contributed by atoms with Crippen molar-refractivity contribution in [1.29, 1.82) is 0 Å². The lowest BCUT2D eigenvalue weighted by Crippen LogP contribution is -2.26. The Kier molecular flexibility index (Phi) is 8.74. The van der Waals surface area contributed by atoms with Gasteiger partial charge in [-0.25, -0.2) is 4.98 Å². The van der Waals surface area contributed by atoms with E-state index in [-0.39, 0.29) is 17.2 Å². The Bertz CT molecular complexity index is 1370. The van der Waals surface area contributed by atoms with E-state index in [2.05, 4.69) is 41.1 Å². The molecule has 0 bridgehead atoms. The fourth-order valence-electron chi connectivity index (χ4n) is 4.11. The van der Waals surface area contributed by atoms with Gasteiger partial charge in [0.25, 0.3) is 11.6 Å². The maximum Gasteiger partial charge on any atom is 0.273 e. The van der Waals surface area contributed by atoms with Crippen molar-refractivity contribution in [3.8, 4) is 22.5 Å². The highest BCUT2D eigenvalue weighted by atomic mass is 32.2. The van der Waals surface area contributed by atoms with Gasteiger partial charge in [-0.1, -0.05) is 91.8 Å². The minimum atomic E-state index is -0.466. The average molecular weight is 515 g/mol. The molecule has 0 radical (unpaired) electrons. The van der Waals surface area contributed by atoms with Gasteiger partial charge in [-0.3, -0.25) is 14.9 Å². The van der Waals surface area contributed by atoms with Crippen LogP contribution in [0.5, 0.6) is 0 Å². The molecule has 190 valence electrons. The number of carbonyl (C=O) groups excluding carboxylic acids is 1. The number of rotatable bonds is 11. The van der Waals surface area contributed by atoms with Gasteiger partial charge in [0.1, 0.15) is 0 Å². The molecule has 0 unspecified atom stereocenters. The van der Waals surface area contributed by atoms with Crippen LogP contribution in [0.2, 0.25) is 0 Å². The third-order valence-electron chi connectivity index (χ3n) is 6.05. The molecule has 0 aliphatic carbocycles. The Morgan fingerprint density at radius 2 is 1.70 bits per heavy atom. The molecule has 37 heavy (non-hydrogen) atoms. The molecule has 7 nitrogen and oxygen atoms in total. The lowest BCUT2D eigenvalue weighted by Gasteiger charge is -2.13. The van der Waals surface area contributed by atoms with Crippen molar-refractivity contribution < 1.29 is 9.72 Å². The molecule has 1 amide bonds. The number of nitrogens with zero attached hydrogens (tertiary/aromatic N) is 3. The van der Waals surface area contributed by atoms with Crippen LogP contribution in [0.3, 0.4) is 0 Å². The molecule has 0 aliphatic heterocycles. The van der Waals surface area contributed by atoms with Crippen LogP contribution in [0, 0.1) is 17.0 Å². The molecule has 0 fully saturated rings. The van der Waals surface area contributed by atoms with Crippen molar-refractivity contribution >= 4 is 23.4 Å². The summed E-state index contributed by atoms with van der Waals surface area (Å²) in [5.41, 5.74) is 4.98. The number of nitrogens with one attached hydrogen (secondary N) is 1. The van der Waals surface area contributed by atoms with E-state index in [1.54, 1.807) is 30.8 Å². The van der Waals surface area contributed by atoms with Crippen LogP contribution in [0.15, 0.2) is 84.0 Å². The molecule has 0 aliphatic rings. The highest BCUT2D eigenvalue weighted by Crippen LogP contribution is 2.36. The maximum absolute atomic E-state index is 12.6. The molecule has 1 aromatic heterocycles. The first kappa shape index (κ1) is 26.2. The maximum atomic E-state index is 12.6. The first-order valence-corrected chi connectivity index (χ1v) is 13.4. The third kappa shape index (κ3) is 6.27. The number of benzene rings is 3. The molecule has 0 atom stereocenters. The monoisotopic (exact) mass is 514 g/mol. The number of nitro benzene ring substituents is 1. The van der Waals surface area contributed by atoms with Crippen molar-refractivity contribution in [2.24, 2.45) is 0 Å². The van der Waals surface area contributed by atoms with Crippen molar-refractivity contribution in [3.63, 3.8) is 0 Å². The van der Waals surface area contributed by atoms with E-state index in [4.69, 9.17) is 4.98 Å². The number of aryl methyl sites for hydroxylation is 1. The SMILES string of the molecule is CCCCn1c(SCCNC(=O)c2ccc(C)c([N+](=O)[O-])c2)nc(-c2ccccc2)c1-c1ccccc1. The van der Waals surface area contributed by atoms with E-state index in [9.17, 15) is 14.9 Å². The summed E-state index contributed by atoms with van der Waals surface area (Å²) >= 11 is 1.60. The summed E-state index contributed by atoms with van der Waals surface area (Å²) in [5.74, 6) is 0.290. The predicted octanol–water partition coefficient (Wildman–Crippen LogP) is 6.76. The number of carbonyl (C=O) groups is 1. The predicted molar refractivity (Wildman–Crippen MR) is 149 cm³/mol. The molecule has 0 saturated heterocycles. The first-order chi connectivity index (χ1) is 18.0. The first-order valence-electron chi connectivity index (χ1n) is 12.4. The number of imidazole rings is 1. The van der Waals surface area contributed by atoms with Gasteiger partial charge >= 0.3 is 0 Å². The number of amides is 1. The van der Waals surface area contributed by atoms with Gasteiger partial charge in [0.2, 0.25) is 0 Å². The molecule has 1 heterocycles. The standard InChI is InChI=1S/C29H30N4O3S/c1-3-4-18-32-27(23-13-9-6-10-14-23)26(22-11-7-5-8-12-22)31-29(32)37-19-17-30-28(34)24-16-15-21(2)25(20-24)33(35)36/h5-16,20H,3-4,17-19H2,1-2H3,(H,30,34). The zero-order valence-corrected chi connectivity index (χ0v) is 21.8. The molecule has 4 rings (SSSR count). The second-order valence-corrected chi connectivity index (χ2v) is 9.75. The van der Waals surface area contributed by atoms with Crippen LogP contribution >= 0.6 is 11.8 Å². The second kappa shape index (κ2) is 12.4. The Balaban J connectivity index is 1.55. The van der Waals surface area contributed by atoms with Crippen LogP contribution in [-0.2, 0) is 6.54 Å². The van der Waals surface area contributed by atoms with Crippen molar-refractivity contribution in [2.75, 3.05) is 12.3 Å². The molecular weight excluding hydrogens is 484 g/mol. The summed E-state index contributed by atoms with van der Waals surface area (Å²) in [6.07, 6.45) is 2.09. The van der Waals surface area contributed by atoms with E-state index in [0.29, 0.717) is 17.9 Å². The molecular formula is C29H30N4O3S. The van der Waals surface area contributed by atoms with Gasteiger partial charge in [0.05, 0.1) is 16.3 Å². The highest BCUT2D eigenvalue weighted by Gasteiger charge is 2.20. The Hall–Kier alpha value is -3.91. The van der Waals surface area contributed by atoms with Crippen LogP contribution < -0.4 is 5.32 Å². The normalized spacial score (nSPS) is 10.9. The van der Waals surface area contributed by atoms with Crippen LogP contribution in [-0.4, -0.2) is 32.7 Å². The highest BCUT2D eigenvalue weighted by molar-refractivity contribution is 7.99. The summed E-state index contributed by atoms with van der Waals surface area (Å²) in [7, 11) is 0. The molecule has 3 aromatic carbocycles. The van der Waals surface area contributed by atoms with Gasteiger partial charge in [0.15, 0.2) is 5.16 Å². The summed E-state index contributed by atoms with van der Waals surface area (Å²) in [6, 6.07) is 25.1. The minimum absolute atomic E-state index is 0.0538. The summed E-state index contributed by atoms with van der Waals surface area (Å²) in [6.45, 7) is 5.09. The van der Waals surface area contributed by atoms with E-state index in [1.807, 2.05) is 36.4 Å². The summed E-state index contributed by atoms with van der Waals surface area (Å²) < 4.78 is 2.29. The molecule has 8 heteroatoms. The Morgan fingerprint density at radius 1 is 1.03 bits per heavy atom. The largest absolute Gasteiger partial charge is 0.351 e. The number of unbranched alkanes of at least 4 members (excludes halogenated alkanes) is 1. The number of aromatic nitrogens is 2. The van der Waals surface area contributed by atoms with E-state index in [1.165, 1.54) is 6.07 Å². The Morgan fingerprint density at radius 3 is 2.35 bits per heavy atom. The van der Waals surface area contributed by atoms with Gasteiger partial charge in [-0.05, 0) is 19.4 Å². The summed E-state index contributed by atoms with van der Waals surface area (Å²) in [5, 5.41) is 15.0. The van der Waals surface area contributed by atoms with Gasteiger partial charge in [-0.2, -0.15) is 0 Å². The van der Waals surface area contributed by atoms with Crippen LogP contribution in [0.4, 0.5) is 5.69 Å². The smallest absolute Gasteiger partial charge is 0.273 e. The number of nitro groups is 1. The zero-order chi connectivity index (χ0) is 26.2. The van der Waals surface area contributed by atoms with Crippen molar-refractivity contribution in [1.82, 2.24) is 14.9 Å². The summed E-state index contributed by atoms with van der Waals surface area (Å²) in [4.78, 5) is 28.4. The van der Waals surface area contributed by atoms with Crippen molar-refractivity contribution in [3.05, 3.63) is 100 Å². The van der Waals surface area contributed by atoms with E-state index < -0.39 is 4.92 Å². The van der Waals surface area contributed by atoms with Gasteiger partial charge in [-0.15, -0.1) is 0 Å². The van der Waals surface area contributed by atoms with Gasteiger partial charge < -0.3 is 9.88 Å². The van der Waals surface area contributed by atoms with E-state index in [0.717, 1.165) is 47.1 Å². The quantitative estimate of drug-likeness (QED) is 0.103. The topological polar surface area (TPSA) is 90.1 Å². The molecule has 1 N–H and O–H groups in total. The lowest BCUT2D eigenvalue weighted by atomic mass is 10.0. The minimum Gasteiger partial charge on any atom is -0.351 e. The van der Waals surface area contributed by atoms with Crippen LogP contribution in [0.25, 0.3) is 22.5 Å². The number of hydrogen-bond acceptors (Lipinski definition) is 5. The Labute approximate surface area is 221 Å². The van der Waals surface area contributed by atoms with Crippen LogP contribution in [0.1, 0.15) is 35.7 Å². The third-order valence-corrected chi connectivity index (χ3v) is 7.03. The second-order valence-electron chi connectivity index (χ2n) is 8.69. The number of thioether (sulfide) groups is 1. The molecule has 4 aromatic rings. The lowest BCUT2D eigenvalue weighted by molar-refractivity contribution is -0.385. The average Bonchev–Trinajstić information content (AvgIpc) is 3.29. The van der Waals surface area contributed by atoms with E-state index >= 15 is 0 Å².